The Morgan fingerprint density at radius 2 is 1.96 bits per heavy atom. The van der Waals surface area contributed by atoms with Gasteiger partial charge in [0.2, 0.25) is 5.91 Å². The Kier molecular flexibility index (Phi) is 7.60. The van der Waals surface area contributed by atoms with Gasteiger partial charge in [-0.05, 0) is 25.3 Å². The number of esters is 1. The highest BCUT2D eigenvalue weighted by Gasteiger charge is 2.19. The van der Waals surface area contributed by atoms with Gasteiger partial charge in [0.25, 0.3) is 0 Å². The summed E-state index contributed by atoms with van der Waals surface area (Å²) < 4.78 is 4.87. The van der Waals surface area contributed by atoms with Crippen LogP contribution in [0.4, 0.5) is 0 Å². The lowest BCUT2D eigenvalue weighted by atomic mass is 10.1. The number of amides is 1. The van der Waals surface area contributed by atoms with Crippen LogP contribution in [0.5, 0.6) is 0 Å². The largest absolute Gasteiger partial charge is 0.466 e. The van der Waals surface area contributed by atoms with Crippen LogP contribution >= 0.6 is 11.3 Å². The second-order valence-electron chi connectivity index (χ2n) is 5.65. The molecule has 0 saturated heterocycles. The second kappa shape index (κ2) is 9.93. The van der Waals surface area contributed by atoms with Gasteiger partial charge in [-0.25, -0.2) is 4.98 Å². The summed E-state index contributed by atoms with van der Waals surface area (Å²) in [5.74, 6) is -0.512. The minimum atomic E-state index is -0.347. The van der Waals surface area contributed by atoms with Crippen molar-refractivity contribution in [3.05, 3.63) is 52.0 Å². The molecule has 6 heteroatoms. The molecule has 1 amide bonds. The number of nitrogens with one attached hydrogen (secondary N) is 1. The van der Waals surface area contributed by atoms with Gasteiger partial charge in [-0.3, -0.25) is 9.59 Å². The summed E-state index contributed by atoms with van der Waals surface area (Å²) in [6, 6.07) is 9.80. The van der Waals surface area contributed by atoms with E-state index in [0.29, 0.717) is 13.0 Å². The number of thiazole rings is 1. The number of hydrogen-bond donors (Lipinski definition) is 1. The van der Waals surface area contributed by atoms with Gasteiger partial charge in [-0.1, -0.05) is 37.3 Å². The van der Waals surface area contributed by atoms with E-state index < -0.39 is 0 Å². The zero-order chi connectivity index (χ0) is 18.1. The van der Waals surface area contributed by atoms with Crippen molar-refractivity contribution >= 4 is 23.2 Å². The van der Waals surface area contributed by atoms with Gasteiger partial charge in [-0.2, -0.15) is 0 Å². The normalized spacial score (nSPS) is 11.8. The zero-order valence-electron chi connectivity index (χ0n) is 14.7. The molecule has 0 spiro atoms. The summed E-state index contributed by atoms with van der Waals surface area (Å²) in [6.07, 6.45) is 1.75. The number of benzene rings is 1. The Morgan fingerprint density at radius 3 is 2.60 bits per heavy atom. The molecule has 0 radical (unpaired) electrons. The number of nitrogens with zero attached hydrogens (tertiary/aromatic N) is 1. The van der Waals surface area contributed by atoms with Crippen LogP contribution in [-0.4, -0.2) is 23.5 Å². The third-order valence-corrected chi connectivity index (χ3v) is 4.72. The van der Waals surface area contributed by atoms with Gasteiger partial charge < -0.3 is 10.1 Å². The van der Waals surface area contributed by atoms with E-state index in [1.807, 2.05) is 35.7 Å². The molecule has 0 aliphatic heterocycles. The molecule has 0 fully saturated rings. The summed E-state index contributed by atoms with van der Waals surface area (Å²) in [5, 5.41) is 5.94. The number of carbonyl (C=O) groups is 2. The van der Waals surface area contributed by atoms with Crippen molar-refractivity contribution in [1.82, 2.24) is 10.3 Å². The fourth-order valence-electron chi connectivity index (χ4n) is 2.41. The van der Waals surface area contributed by atoms with Gasteiger partial charge in [0, 0.05) is 11.8 Å². The number of hydrogen-bond acceptors (Lipinski definition) is 5. The minimum Gasteiger partial charge on any atom is -0.466 e. The van der Waals surface area contributed by atoms with E-state index in [-0.39, 0.29) is 30.8 Å². The summed E-state index contributed by atoms with van der Waals surface area (Å²) in [7, 11) is 0. The van der Waals surface area contributed by atoms with Crippen molar-refractivity contribution in [2.45, 2.75) is 45.6 Å². The predicted octanol–water partition coefficient (Wildman–Crippen LogP) is 3.45. The molecule has 0 aliphatic carbocycles. The Labute approximate surface area is 152 Å². The molecule has 0 aliphatic rings. The summed E-state index contributed by atoms with van der Waals surface area (Å²) >= 11 is 1.56. The number of rotatable bonds is 9. The maximum absolute atomic E-state index is 12.3. The van der Waals surface area contributed by atoms with E-state index in [4.69, 9.17) is 4.74 Å². The van der Waals surface area contributed by atoms with Crippen LogP contribution in [0.1, 0.15) is 49.0 Å². The first-order valence-electron chi connectivity index (χ1n) is 8.55. The monoisotopic (exact) mass is 360 g/mol. The lowest BCUT2D eigenvalue weighted by Gasteiger charge is -2.17. The molecule has 5 nitrogen and oxygen atoms in total. The molecule has 0 bridgehead atoms. The van der Waals surface area contributed by atoms with Crippen molar-refractivity contribution in [3.8, 4) is 0 Å². The van der Waals surface area contributed by atoms with Crippen molar-refractivity contribution in [3.63, 3.8) is 0 Å². The van der Waals surface area contributed by atoms with Gasteiger partial charge in [-0.15, -0.1) is 11.3 Å². The van der Waals surface area contributed by atoms with E-state index in [1.165, 1.54) is 0 Å². The number of ether oxygens (including phenoxy) is 1. The predicted molar refractivity (Wildman–Crippen MR) is 98.4 cm³/mol. The maximum atomic E-state index is 12.3. The highest BCUT2D eigenvalue weighted by Crippen LogP contribution is 2.23. The lowest BCUT2D eigenvalue weighted by molar-refractivity contribution is -0.144. The highest BCUT2D eigenvalue weighted by atomic mass is 32.1. The van der Waals surface area contributed by atoms with Gasteiger partial charge in [0.15, 0.2) is 0 Å². The lowest BCUT2D eigenvalue weighted by Crippen LogP contribution is -2.30. The van der Waals surface area contributed by atoms with E-state index >= 15 is 0 Å². The Balaban J connectivity index is 2.03. The SMILES string of the molecule is CCOC(=O)CCC(=O)N[C@@H](Cc1ccccc1)c1nc(CC)cs1. The van der Waals surface area contributed by atoms with Crippen LogP contribution in [0.2, 0.25) is 0 Å². The topological polar surface area (TPSA) is 68.3 Å². The minimum absolute atomic E-state index is 0.0931. The molecule has 1 N–H and O–H groups in total. The first-order chi connectivity index (χ1) is 12.1. The van der Waals surface area contributed by atoms with Crippen LogP contribution in [-0.2, 0) is 27.2 Å². The Hall–Kier alpha value is -2.21. The van der Waals surface area contributed by atoms with Gasteiger partial charge in [0.1, 0.15) is 5.01 Å². The third kappa shape index (κ3) is 6.31. The fraction of sp³-hybridized carbons (Fsp3) is 0.421. The number of aryl methyl sites for hydroxylation is 1. The van der Waals surface area contributed by atoms with Crippen LogP contribution in [0.3, 0.4) is 0 Å². The van der Waals surface area contributed by atoms with Crippen molar-refractivity contribution in [2.75, 3.05) is 6.61 Å². The summed E-state index contributed by atoms with van der Waals surface area (Å²) in [6.45, 7) is 4.14. The fourth-order valence-corrected chi connectivity index (χ4v) is 3.36. The Morgan fingerprint density at radius 1 is 1.20 bits per heavy atom. The molecule has 0 unspecified atom stereocenters. The summed E-state index contributed by atoms with van der Waals surface area (Å²) in [4.78, 5) is 28.3. The Bertz CT molecular complexity index is 685. The molecule has 2 aromatic rings. The van der Waals surface area contributed by atoms with Crippen molar-refractivity contribution in [1.29, 1.82) is 0 Å². The van der Waals surface area contributed by atoms with E-state index in [0.717, 1.165) is 22.7 Å². The smallest absolute Gasteiger partial charge is 0.306 e. The zero-order valence-corrected chi connectivity index (χ0v) is 15.5. The molecule has 25 heavy (non-hydrogen) atoms. The molecule has 1 heterocycles. The second-order valence-corrected chi connectivity index (χ2v) is 6.54. The third-order valence-electron chi connectivity index (χ3n) is 3.71. The number of aromatic nitrogens is 1. The van der Waals surface area contributed by atoms with Crippen LogP contribution < -0.4 is 5.32 Å². The molecule has 134 valence electrons. The summed E-state index contributed by atoms with van der Waals surface area (Å²) in [5.41, 5.74) is 2.16. The number of carbonyl (C=O) groups excluding carboxylic acids is 2. The quantitative estimate of drug-likeness (QED) is 0.696. The molecule has 2 rings (SSSR count). The van der Waals surface area contributed by atoms with Gasteiger partial charge >= 0.3 is 5.97 Å². The van der Waals surface area contributed by atoms with Crippen LogP contribution in [0, 0.1) is 0 Å². The average Bonchev–Trinajstić information content (AvgIpc) is 3.10. The van der Waals surface area contributed by atoms with Gasteiger partial charge in [0.05, 0.1) is 24.8 Å². The van der Waals surface area contributed by atoms with E-state index in [2.05, 4.69) is 17.2 Å². The molecular formula is C19H24N2O3S. The average molecular weight is 360 g/mol. The van der Waals surface area contributed by atoms with Crippen LogP contribution in [0.15, 0.2) is 35.7 Å². The highest BCUT2D eigenvalue weighted by molar-refractivity contribution is 7.09. The van der Waals surface area contributed by atoms with E-state index in [9.17, 15) is 9.59 Å². The van der Waals surface area contributed by atoms with Crippen molar-refractivity contribution < 1.29 is 14.3 Å². The first kappa shape index (κ1) is 19.1. The molecule has 0 saturated carbocycles. The standard InChI is InChI=1S/C19H24N2O3S/c1-3-15-13-25-19(20-15)16(12-14-8-6-5-7-9-14)21-17(22)10-11-18(23)24-4-2/h5-9,13,16H,3-4,10-12H2,1-2H3,(H,21,22)/t16-/m0/s1. The molecule has 1 atom stereocenters. The maximum Gasteiger partial charge on any atom is 0.306 e. The first-order valence-corrected chi connectivity index (χ1v) is 9.43. The molecule has 1 aromatic carbocycles. The molecular weight excluding hydrogens is 336 g/mol. The van der Waals surface area contributed by atoms with Crippen LogP contribution in [0.25, 0.3) is 0 Å². The van der Waals surface area contributed by atoms with Crippen molar-refractivity contribution in [2.24, 2.45) is 0 Å². The molecule has 1 aromatic heterocycles. The van der Waals surface area contributed by atoms with E-state index in [1.54, 1.807) is 18.3 Å².